The van der Waals surface area contributed by atoms with Gasteiger partial charge in [0, 0.05) is 24.6 Å². The molecule has 1 unspecified atom stereocenters. The van der Waals surface area contributed by atoms with Crippen LogP contribution in [0.4, 0.5) is 10.1 Å². The number of carbonyl (C=O) groups is 2. The number of halogens is 1. The van der Waals surface area contributed by atoms with Crippen LogP contribution in [-0.2, 0) is 14.8 Å². The molecule has 1 aromatic carbocycles. The minimum atomic E-state index is -3.71. The van der Waals surface area contributed by atoms with Gasteiger partial charge in [0.15, 0.2) is 0 Å². The maximum absolute atomic E-state index is 13.4. The summed E-state index contributed by atoms with van der Waals surface area (Å²) in [5.74, 6) is -3.35. The van der Waals surface area contributed by atoms with Gasteiger partial charge in [-0.25, -0.2) is 22.7 Å². The van der Waals surface area contributed by atoms with Crippen LogP contribution >= 0.6 is 0 Å². The van der Waals surface area contributed by atoms with E-state index in [0.717, 1.165) is 12.1 Å². The molecule has 0 radical (unpaired) electrons. The van der Waals surface area contributed by atoms with E-state index in [1.54, 1.807) is 0 Å². The summed E-state index contributed by atoms with van der Waals surface area (Å²) in [6, 6.07) is 3.04. The Morgan fingerprint density at radius 2 is 2.10 bits per heavy atom. The average molecular weight is 316 g/mol. The second kappa shape index (κ2) is 5.41. The molecule has 0 saturated carbocycles. The number of anilines is 1. The highest BCUT2D eigenvalue weighted by molar-refractivity contribution is 7.89. The molecular formula is C12H13FN2O5S. The molecule has 0 bridgehead atoms. The van der Waals surface area contributed by atoms with Crippen molar-refractivity contribution in [2.45, 2.75) is 6.42 Å². The number of primary sulfonamides is 1. The number of amides is 1. The molecule has 0 aromatic heterocycles. The van der Waals surface area contributed by atoms with E-state index in [4.69, 9.17) is 10.2 Å². The third-order valence-electron chi connectivity index (χ3n) is 3.11. The molecule has 0 spiro atoms. The van der Waals surface area contributed by atoms with Crippen molar-refractivity contribution < 1.29 is 27.5 Å². The first-order valence-electron chi connectivity index (χ1n) is 6.00. The van der Waals surface area contributed by atoms with Gasteiger partial charge in [0.2, 0.25) is 15.9 Å². The Bertz CT molecular complexity index is 704. The Labute approximate surface area is 120 Å². The maximum Gasteiger partial charge on any atom is 0.335 e. The van der Waals surface area contributed by atoms with Gasteiger partial charge >= 0.3 is 5.97 Å². The van der Waals surface area contributed by atoms with E-state index in [1.165, 1.54) is 11.0 Å². The zero-order chi connectivity index (χ0) is 15.8. The minimum absolute atomic E-state index is 0.0324. The highest BCUT2D eigenvalue weighted by Gasteiger charge is 2.33. The number of aromatic carboxylic acids is 1. The van der Waals surface area contributed by atoms with Gasteiger partial charge in [-0.1, -0.05) is 0 Å². The van der Waals surface area contributed by atoms with E-state index in [0.29, 0.717) is 0 Å². The first-order chi connectivity index (χ1) is 9.65. The highest BCUT2D eigenvalue weighted by atomic mass is 32.2. The fourth-order valence-corrected chi connectivity index (χ4v) is 3.21. The first-order valence-corrected chi connectivity index (χ1v) is 7.72. The summed E-state index contributed by atoms with van der Waals surface area (Å²) in [6.45, 7) is 0.0533. The Morgan fingerprint density at radius 3 is 2.67 bits per heavy atom. The molecule has 1 aliphatic heterocycles. The molecule has 3 N–H and O–H groups in total. The standard InChI is InChI=1S/C12H13FN2O5S/c13-9-2-8(12(17)18)3-10(4-9)15-5-7(1-11(15)16)6-21(14,19)20/h2-4,7H,1,5-6H2,(H,17,18)(H2,14,19,20). The van der Waals surface area contributed by atoms with Gasteiger partial charge in [-0.2, -0.15) is 0 Å². The lowest BCUT2D eigenvalue weighted by atomic mass is 10.1. The molecule has 21 heavy (non-hydrogen) atoms. The van der Waals surface area contributed by atoms with Crippen LogP contribution < -0.4 is 10.0 Å². The fourth-order valence-electron chi connectivity index (χ4n) is 2.32. The maximum atomic E-state index is 13.4. The van der Waals surface area contributed by atoms with Crippen molar-refractivity contribution in [2.75, 3.05) is 17.2 Å². The molecule has 114 valence electrons. The lowest BCUT2D eigenvalue weighted by molar-refractivity contribution is -0.117. The molecule has 1 fully saturated rings. The van der Waals surface area contributed by atoms with Gasteiger partial charge in [0.05, 0.1) is 11.3 Å². The topological polar surface area (TPSA) is 118 Å². The predicted octanol–water partition coefficient (Wildman–Crippen LogP) is 0.165. The van der Waals surface area contributed by atoms with Crippen molar-refractivity contribution in [3.63, 3.8) is 0 Å². The Hall–Kier alpha value is -2.00. The number of carbonyl (C=O) groups excluding carboxylic acids is 1. The minimum Gasteiger partial charge on any atom is -0.478 e. The Morgan fingerprint density at radius 1 is 1.43 bits per heavy atom. The highest BCUT2D eigenvalue weighted by Crippen LogP contribution is 2.27. The molecule has 0 aliphatic carbocycles. The van der Waals surface area contributed by atoms with Gasteiger partial charge < -0.3 is 10.0 Å². The monoisotopic (exact) mass is 316 g/mol. The van der Waals surface area contributed by atoms with Gasteiger partial charge in [-0.05, 0) is 18.2 Å². The van der Waals surface area contributed by atoms with E-state index in [9.17, 15) is 22.4 Å². The lowest BCUT2D eigenvalue weighted by Gasteiger charge is -2.17. The summed E-state index contributed by atoms with van der Waals surface area (Å²) < 4.78 is 35.5. The zero-order valence-electron chi connectivity index (χ0n) is 10.8. The normalized spacial score (nSPS) is 19.0. The van der Waals surface area contributed by atoms with Crippen molar-refractivity contribution in [3.05, 3.63) is 29.6 Å². The van der Waals surface area contributed by atoms with E-state index < -0.39 is 33.6 Å². The number of carboxylic acids is 1. The molecule has 9 heteroatoms. The summed E-state index contributed by atoms with van der Waals surface area (Å²) in [5, 5.41) is 13.8. The summed E-state index contributed by atoms with van der Waals surface area (Å²) in [5.41, 5.74) is -0.193. The second-order valence-electron chi connectivity index (χ2n) is 4.91. The van der Waals surface area contributed by atoms with Crippen LogP contribution in [-0.4, -0.2) is 37.7 Å². The summed E-state index contributed by atoms with van der Waals surface area (Å²) in [6.07, 6.45) is -0.0324. The quantitative estimate of drug-likeness (QED) is 0.820. The summed E-state index contributed by atoms with van der Waals surface area (Å²) in [7, 11) is -3.71. The number of rotatable bonds is 4. The molecule has 1 amide bonds. The van der Waals surface area contributed by atoms with Gasteiger partial charge in [-0.3, -0.25) is 4.79 Å². The van der Waals surface area contributed by atoms with Gasteiger partial charge in [-0.15, -0.1) is 0 Å². The molecular weight excluding hydrogens is 303 g/mol. The molecule has 2 rings (SSSR count). The number of sulfonamides is 1. The van der Waals surface area contributed by atoms with Crippen LogP contribution in [0, 0.1) is 11.7 Å². The van der Waals surface area contributed by atoms with Crippen LogP contribution in [0.3, 0.4) is 0 Å². The summed E-state index contributed by atoms with van der Waals surface area (Å²) >= 11 is 0. The molecule has 7 nitrogen and oxygen atoms in total. The van der Waals surface area contributed by atoms with E-state index in [2.05, 4.69) is 0 Å². The number of hydrogen-bond donors (Lipinski definition) is 2. The van der Waals surface area contributed by atoms with Crippen LogP contribution in [0.1, 0.15) is 16.8 Å². The number of benzene rings is 1. The zero-order valence-corrected chi connectivity index (χ0v) is 11.6. The number of hydrogen-bond acceptors (Lipinski definition) is 4. The van der Waals surface area contributed by atoms with Crippen LogP contribution in [0.15, 0.2) is 18.2 Å². The third kappa shape index (κ3) is 3.76. The number of carboxylic acid groups (broad SMARTS) is 1. The molecule has 1 heterocycles. The largest absolute Gasteiger partial charge is 0.478 e. The van der Waals surface area contributed by atoms with Crippen molar-refractivity contribution in [1.82, 2.24) is 0 Å². The third-order valence-corrected chi connectivity index (χ3v) is 4.05. The second-order valence-corrected chi connectivity index (χ2v) is 6.57. The van der Waals surface area contributed by atoms with Crippen molar-refractivity contribution >= 4 is 27.6 Å². The number of nitrogens with zero attached hydrogens (tertiary/aromatic N) is 1. The smallest absolute Gasteiger partial charge is 0.335 e. The van der Waals surface area contributed by atoms with Crippen LogP contribution in [0.2, 0.25) is 0 Å². The van der Waals surface area contributed by atoms with Crippen molar-refractivity contribution in [2.24, 2.45) is 11.1 Å². The van der Waals surface area contributed by atoms with Crippen LogP contribution in [0.25, 0.3) is 0 Å². The van der Waals surface area contributed by atoms with Crippen molar-refractivity contribution in [1.29, 1.82) is 0 Å². The Kier molecular flexibility index (Phi) is 3.97. The summed E-state index contributed by atoms with van der Waals surface area (Å²) in [4.78, 5) is 23.9. The first kappa shape index (κ1) is 15.4. The van der Waals surface area contributed by atoms with Gasteiger partial charge in [0.25, 0.3) is 0 Å². The molecule has 1 atom stereocenters. The molecule has 1 aliphatic rings. The Balaban J connectivity index is 2.27. The van der Waals surface area contributed by atoms with E-state index in [1.807, 2.05) is 0 Å². The number of nitrogens with two attached hydrogens (primary N) is 1. The van der Waals surface area contributed by atoms with E-state index in [-0.39, 0.29) is 30.0 Å². The van der Waals surface area contributed by atoms with E-state index >= 15 is 0 Å². The average Bonchev–Trinajstić information content (AvgIpc) is 2.66. The molecule has 1 aromatic rings. The van der Waals surface area contributed by atoms with Crippen LogP contribution in [0.5, 0.6) is 0 Å². The predicted molar refractivity (Wildman–Crippen MR) is 71.8 cm³/mol. The molecule has 1 saturated heterocycles. The SMILES string of the molecule is NS(=O)(=O)CC1CC(=O)N(c2cc(F)cc(C(=O)O)c2)C1. The fraction of sp³-hybridized carbons (Fsp3) is 0.333. The lowest BCUT2D eigenvalue weighted by Crippen LogP contribution is -2.27. The van der Waals surface area contributed by atoms with Gasteiger partial charge in [0.1, 0.15) is 5.82 Å². The van der Waals surface area contributed by atoms with Crippen molar-refractivity contribution in [3.8, 4) is 0 Å².